The molecule has 0 bridgehead atoms. The molecule has 0 saturated heterocycles. The zero-order valence-electron chi connectivity index (χ0n) is 12.2. The highest BCUT2D eigenvalue weighted by atomic mass is 35.5. The van der Waals surface area contributed by atoms with Crippen LogP contribution in [0, 0.1) is 18.3 Å². The van der Waals surface area contributed by atoms with Crippen LogP contribution in [0.5, 0.6) is 11.5 Å². The lowest BCUT2D eigenvalue weighted by atomic mass is 10.2. The predicted molar refractivity (Wildman–Crippen MR) is 83.1 cm³/mol. The number of carbonyl (C=O) groups excluding carboxylic acids is 1. The average molecular weight is 316 g/mol. The second kappa shape index (κ2) is 6.97. The number of aryl methyl sites for hydroxylation is 1. The molecule has 2 aromatic rings. The number of nitrogens with zero attached hydrogens (tertiary/aromatic N) is 1. The summed E-state index contributed by atoms with van der Waals surface area (Å²) in [5.74, 6) is 0.440. The Labute approximate surface area is 133 Å². The summed E-state index contributed by atoms with van der Waals surface area (Å²) in [7, 11) is 0. The van der Waals surface area contributed by atoms with Crippen LogP contribution in [-0.2, 0) is 4.79 Å². The first-order valence-corrected chi connectivity index (χ1v) is 7.02. The van der Waals surface area contributed by atoms with E-state index in [-0.39, 0.29) is 0 Å². The first-order chi connectivity index (χ1) is 10.5. The van der Waals surface area contributed by atoms with Crippen molar-refractivity contribution in [2.45, 2.75) is 20.0 Å². The molecule has 112 valence electrons. The molecule has 0 aliphatic rings. The van der Waals surface area contributed by atoms with Gasteiger partial charge in [0.2, 0.25) is 0 Å². The zero-order chi connectivity index (χ0) is 16.1. The van der Waals surface area contributed by atoms with Gasteiger partial charge in [0.05, 0.1) is 11.6 Å². The smallest absolute Gasteiger partial charge is 0.352 e. The minimum Gasteiger partial charge on any atom is -0.479 e. The average Bonchev–Trinajstić information content (AvgIpc) is 2.50. The van der Waals surface area contributed by atoms with Crippen molar-refractivity contribution >= 4 is 17.6 Å². The monoisotopic (exact) mass is 315 g/mol. The fourth-order valence-corrected chi connectivity index (χ4v) is 2.01. The Morgan fingerprint density at radius 2 is 1.91 bits per heavy atom. The number of hydrogen-bond acceptors (Lipinski definition) is 4. The lowest BCUT2D eigenvalue weighted by molar-refractivity contribution is -0.141. The molecule has 0 saturated carbocycles. The molecule has 22 heavy (non-hydrogen) atoms. The van der Waals surface area contributed by atoms with Crippen molar-refractivity contribution in [1.29, 1.82) is 5.26 Å². The maximum atomic E-state index is 12.0. The molecule has 0 spiro atoms. The highest BCUT2D eigenvalue weighted by Gasteiger charge is 2.18. The number of halogens is 1. The van der Waals surface area contributed by atoms with Gasteiger partial charge in [0, 0.05) is 5.02 Å². The van der Waals surface area contributed by atoms with Crippen molar-refractivity contribution in [2.75, 3.05) is 0 Å². The predicted octanol–water partition coefficient (Wildman–Crippen LogP) is 3.89. The van der Waals surface area contributed by atoms with Crippen LogP contribution in [0.1, 0.15) is 18.1 Å². The van der Waals surface area contributed by atoms with Crippen molar-refractivity contribution in [2.24, 2.45) is 0 Å². The maximum Gasteiger partial charge on any atom is 0.352 e. The van der Waals surface area contributed by atoms with Gasteiger partial charge in [-0.15, -0.1) is 0 Å². The van der Waals surface area contributed by atoms with Crippen molar-refractivity contribution in [3.8, 4) is 17.6 Å². The Morgan fingerprint density at radius 3 is 2.50 bits per heavy atom. The molecule has 0 aliphatic carbocycles. The van der Waals surface area contributed by atoms with Gasteiger partial charge in [0.15, 0.2) is 6.10 Å². The van der Waals surface area contributed by atoms with E-state index in [0.29, 0.717) is 22.1 Å². The Balaban J connectivity index is 2.01. The van der Waals surface area contributed by atoms with Crippen molar-refractivity contribution in [3.63, 3.8) is 0 Å². The second-order valence-electron chi connectivity index (χ2n) is 4.73. The largest absolute Gasteiger partial charge is 0.479 e. The van der Waals surface area contributed by atoms with E-state index >= 15 is 0 Å². The Hall–Kier alpha value is -2.51. The molecule has 1 atom stereocenters. The highest BCUT2D eigenvalue weighted by Crippen LogP contribution is 2.22. The van der Waals surface area contributed by atoms with Crippen LogP contribution in [-0.4, -0.2) is 12.1 Å². The van der Waals surface area contributed by atoms with Crippen LogP contribution < -0.4 is 9.47 Å². The quantitative estimate of drug-likeness (QED) is 0.634. The molecule has 2 rings (SSSR count). The van der Waals surface area contributed by atoms with Gasteiger partial charge in [-0.3, -0.25) is 0 Å². The molecular formula is C17H14ClNO3. The third-order valence-corrected chi connectivity index (χ3v) is 3.21. The molecule has 2 aromatic carbocycles. The van der Waals surface area contributed by atoms with Gasteiger partial charge in [-0.2, -0.15) is 5.26 Å². The fourth-order valence-electron chi connectivity index (χ4n) is 1.78. The van der Waals surface area contributed by atoms with Gasteiger partial charge >= 0.3 is 5.97 Å². The molecule has 0 radical (unpaired) electrons. The molecule has 0 aliphatic heterocycles. The van der Waals surface area contributed by atoms with Crippen LogP contribution in [0.4, 0.5) is 0 Å². The number of ether oxygens (including phenoxy) is 2. The van der Waals surface area contributed by atoms with Crippen LogP contribution in [0.3, 0.4) is 0 Å². The van der Waals surface area contributed by atoms with E-state index in [0.717, 1.165) is 5.56 Å². The van der Waals surface area contributed by atoms with Crippen molar-refractivity contribution < 1.29 is 14.3 Å². The number of esters is 1. The van der Waals surface area contributed by atoms with Gasteiger partial charge in [-0.25, -0.2) is 4.79 Å². The standard InChI is InChI=1S/C17H14ClNO3/c1-11-9-14(18)5-8-16(11)22-17(20)12(2)21-15-6-3-13(10-19)4-7-15/h3-9,12H,1-2H3. The molecule has 4 nitrogen and oxygen atoms in total. The van der Waals surface area contributed by atoms with Gasteiger partial charge < -0.3 is 9.47 Å². The third-order valence-electron chi connectivity index (χ3n) is 2.98. The number of benzene rings is 2. The number of rotatable bonds is 4. The van der Waals surface area contributed by atoms with E-state index in [1.165, 1.54) is 0 Å². The Morgan fingerprint density at radius 1 is 1.23 bits per heavy atom. The minimum atomic E-state index is -0.775. The summed E-state index contributed by atoms with van der Waals surface area (Å²) in [6, 6.07) is 13.5. The zero-order valence-corrected chi connectivity index (χ0v) is 12.9. The van der Waals surface area contributed by atoms with Gasteiger partial charge in [-0.05, 0) is 61.9 Å². The van der Waals surface area contributed by atoms with E-state index in [1.807, 2.05) is 6.07 Å². The van der Waals surface area contributed by atoms with E-state index < -0.39 is 12.1 Å². The summed E-state index contributed by atoms with van der Waals surface area (Å²) < 4.78 is 10.8. The summed E-state index contributed by atoms with van der Waals surface area (Å²) in [6.45, 7) is 3.41. The van der Waals surface area contributed by atoms with E-state index in [1.54, 1.807) is 56.3 Å². The molecule has 5 heteroatoms. The molecule has 1 unspecified atom stereocenters. The SMILES string of the molecule is Cc1cc(Cl)ccc1OC(=O)C(C)Oc1ccc(C#N)cc1. The molecular weight excluding hydrogens is 302 g/mol. The first-order valence-electron chi connectivity index (χ1n) is 6.64. The summed E-state index contributed by atoms with van der Waals surface area (Å²) in [6.07, 6.45) is -0.775. The summed E-state index contributed by atoms with van der Waals surface area (Å²) in [5, 5.41) is 9.32. The first kappa shape index (κ1) is 15.9. The van der Waals surface area contributed by atoms with Gasteiger partial charge in [0.1, 0.15) is 11.5 Å². The number of hydrogen-bond donors (Lipinski definition) is 0. The normalized spacial score (nSPS) is 11.4. The van der Waals surface area contributed by atoms with Gasteiger partial charge in [0.25, 0.3) is 0 Å². The minimum absolute atomic E-state index is 0.449. The molecule has 0 amide bonds. The van der Waals surface area contributed by atoms with Crippen molar-refractivity contribution in [1.82, 2.24) is 0 Å². The lowest BCUT2D eigenvalue weighted by Gasteiger charge is -2.14. The maximum absolute atomic E-state index is 12.0. The summed E-state index contributed by atoms with van der Waals surface area (Å²) >= 11 is 5.86. The molecule has 0 N–H and O–H groups in total. The van der Waals surface area contributed by atoms with Crippen LogP contribution in [0.15, 0.2) is 42.5 Å². The highest BCUT2D eigenvalue weighted by molar-refractivity contribution is 6.30. The number of nitriles is 1. The van der Waals surface area contributed by atoms with Crippen LogP contribution in [0.25, 0.3) is 0 Å². The summed E-state index contributed by atoms with van der Waals surface area (Å²) in [5.41, 5.74) is 1.30. The Kier molecular flexibility index (Phi) is 5.03. The fraction of sp³-hybridized carbons (Fsp3) is 0.176. The van der Waals surface area contributed by atoms with E-state index in [4.69, 9.17) is 26.3 Å². The lowest BCUT2D eigenvalue weighted by Crippen LogP contribution is -2.28. The van der Waals surface area contributed by atoms with Gasteiger partial charge in [-0.1, -0.05) is 11.6 Å². The molecule has 0 aromatic heterocycles. The van der Waals surface area contributed by atoms with Crippen LogP contribution >= 0.6 is 11.6 Å². The van der Waals surface area contributed by atoms with Crippen molar-refractivity contribution in [3.05, 3.63) is 58.6 Å². The van der Waals surface area contributed by atoms with E-state index in [9.17, 15) is 4.79 Å². The van der Waals surface area contributed by atoms with Crippen LogP contribution in [0.2, 0.25) is 5.02 Å². The topological polar surface area (TPSA) is 59.3 Å². The Bertz CT molecular complexity index is 720. The van der Waals surface area contributed by atoms with E-state index in [2.05, 4.69) is 0 Å². The second-order valence-corrected chi connectivity index (χ2v) is 5.16. The number of carbonyl (C=O) groups is 1. The molecule has 0 fully saturated rings. The third kappa shape index (κ3) is 4.00. The molecule has 0 heterocycles. The summed E-state index contributed by atoms with van der Waals surface area (Å²) in [4.78, 5) is 12.0.